The number of amides is 2. The van der Waals surface area contributed by atoms with E-state index in [2.05, 4.69) is 19.2 Å². The molecule has 3 aromatic carbocycles. The topological polar surface area (TPSA) is 86.8 Å². The highest BCUT2D eigenvalue weighted by molar-refractivity contribution is 7.92. The van der Waals surface area contributed by atoms with E-state index in [9.17, 15) is 18.0 Å². The summed E-state index contributed by atoms with van der Waals surface area (Å²) in [5, 5.41) is 3.01. The normalized spacial score (nSPS) is 13.0. The smallest absolute Gasteiger partial charge is 0.264 e. The van der Waals surface area contributed by atoms with Gasteiger partial charge in [0.25, 0.3) is 10.0 Å². The lowest BCUT2D eigenvalue weighted by Gasteiger charge is -2.33. The van der Waals surface area contributed by atoms with Crippen molar-refractivity contribution in [2.45, 2.75) is 90.7 Å². The second-order valence-corrected chi connectivity index (χ2v) is 13.2. The molecular formula is C34H45N3O4S. The summed E-state index contributed by atoms with van der Waals surface area (Å²) in [5.41, 5.74) is 4.32. The van der Waals surface area contributed by atoms with Crippen molar-refractivity contribution in [1.29, 1.82) is 0 Å². The van der Waals surface area contributed by atoms with Gasteiger partial charge in [-0.25, -0.2) is 8.42 Å². The number of aryl methyl sites for hydroxylation is 2. The minimum atomic E-state index is -4.10. The summed E-state index contributed by atoms with van der Waals surface area (Å²) in [6.07, 6.45) is 1.14. The third kappa shape index (κ3) is 8.22. The van der Waals surface area contributed by atoms with Gasteiger partial charge in [0, 0.05) is 12.6 Å². The van der Waals surface area contributed by atoms with Crippen LogP contribution in [0.3, 0.4) is 0 Å². The Hall–Kier alpha value is -3.65. The van der Waals surface area contributed by atoms with Gasteiger partial charge in [0.05, 0.1) is 10.6 Å². The van der Waals surface area contributed by atoms with Gasteiger partial charge in [-0.2, -0.15) is 0 Å². The van der Waals surface area contributed by atoms with E-state index in [1.54, 1.807) is 36.4 Å². The minimum Gasteiger partial charge on any atom is -0.352 e. The fraction of sp³-hybridized carbons (Fsp3) is 0.412. The number of nitrogens with zero attached hydrogens (tertiary/aromatic N) is 2. The van der Waals surface area contributed by atoms with Gasteiger partial charge in [0.1, 0.15) is 12.6 Å². The lowest BCUT2D eigenvalue weighted by molar-refractivity contribution is -0.140. The van der Waals surface area contributed by atoms with E-state index in [1.807, 2.05) is 71.0 Å². The number of rotatable bonds is 13. The molecule has 0 aromatic heterocycles. The number of sulfonamides is 1. The fourth-order valence-electron chi connectivity index (χ4n) is 4.64. The van der Waals surface area contributed by atoms with E-state index in [4.69, 9.17) is 0 Å². The lowest BCUT2D eigenvalue weighted by Crippen LogP contribution is -2.53. The van der Waals surface area contributed by atoms with Crippen LogP contribution in [0.1, 0.15) is 75.6 Å². The van der Waals surface area contributed by atoms with Gasteiger partial charge in [-0.05, 0) is 74.9 Å². The average molecular weight is 592 g/mol. The Kier molecular flexibility index (Phi) is 11.3. The number of benzene rings is 3. The Morgan fingerprint density at radius 2 is 1.33 bits per heavy atom. The molecule has 0 aliphatic carbocycles. The summed E-state index contributed by atoms with van der Waals surface area (Å²) in [7, 11) is -4.10. The van der Waals surface area contributed by atoms with Crippen LogP contribution in [-0.2, 0) is 26.2 Å². The van der Waals surface area contributed by atoms with Crippen LogP contribution in [0, 0.1) is 13.8 Å². The zero-order valence-corrected chi connectivity index (χ0v) is 26.7. The van der Waals surface area contributed by atoms with Crippen LogP contribution < -0.4 is 9.62 Å². The first kappa shape index (κ1) is 32.9. The first-order valence-electron chi connectivity index (χ1n) is 14.7. The standard InChI is InChI=1S/C34H45N3O4S/c1-8-27(7)35-34(39)32(9-2)36(22-28-14-10-25(5)11-15-28)33(38)23-37(30-18-16-29(17-19-30)24(3)4)42(40,41)31-20-12-26(6)13-21-31/h10-21,24,27,32H,8-9,22-23H2,1-7H3,(H,35,39)/t27-,32+/m0/s1. The zero-order valence-electron chi connectivity index (χ0n) is 25.9. The molecule has 0 aliphatic rings. The summed E-state index contributed by atoms with van der Waals surface area (Å²) in [6, 6.07) is 20.8. The zero-order chi connectivity index (χ0) is 31.0. The third-order valence-corrected chi connectivity index (χ3v) is 9.38. The van der Waals surface area contributed by atoms with Crippen LogP contribution in [0.4, 0.5) is 5.69 Å². The SMILES string of the molecule is CC[C@H](C(=O)N[C@@H](C)CC)N(Cc1ccc(C)cc1)C(=O)CN(c1ccc(C(C)C)cc1)S(=O)(=O)c1ccc(C)cc1. The molecule has 2 atom stereocenters. The van der Waals surface area contributed by atoms with Crippen molar-refractivity contribution in [3.63, 3.8) is 0 Å². The average Bonchev–Trinajstić information content (AvgIpc) is 2.96. The molecule has 0 saturated heterocycles. The van der Waals surface area contributed by atoms with Gasteiger partial charge >= 0.3 is 0 Å². The minimum absolute atomic E-state index is 0.0548. The summed E-state index contributed by atoms with van der Waals surface area (Å²) in [5.74, 6) is -0.436. The molecule has 0 bridgehead atoms. The van der Waals surface area contributed by atoms with Gasteiger partial charge in [0.2, 0.25) is 11.8 Å². The second-order valence-electron chi connectivity index (χ2n) is 11.3. The Labute approximate surface area is 252 Å². The molecule has 0 heterocycles. The van der Waals surface area contributed by atoms with Crippen LogP contribution >= 0.6 is 0 Å². The van der Waals surface area contributed by atoms with E-state index in [0.29, 0.717) is 12.1 Å². The number of hydrogen-bond donors (Lipinski definition) is 1. The van der Waals surface area contributed by atoms with Crippen LogP contribution in [0.5, 0.6) is 0 Å². The molecule has 0 unspecified atom stereocenters. The molecule has 8 heteroatoms. The number of carbonyl (C=O) groups is 2. The van der Waals surface area contributed by atoms with E-state index in [0.717, 1.165) is 33.0 Å². The number of carbonyl (C=O) groups excluding carboxylic acids is 2. The van der Waals surface area contributed by atoms with E-state index in [-0.39, 0.29) is 29.3 Å². The maximum absolute atomic E-state index is 14.2. The molecule has 0 aliphatic heterocycles. The molecule has 7 nitrogen and oxygen atoms in total. The van der Waals surface area contributed by atoms with Gasteiger partial charge in [0.15, 0.2) is 0 Å². The quantitative estimate of drug-likeness (QED) is 0.251. The van der Waals surface area contributed by atoms with Gasteiger partial charge < -0.3 is 10.2 Å². The largest absolute Gasteiger partial charge is 0.352 e. The van der Waals surface area contributed by atoms with Gasteiger partial charge in [-0.3, -0.25) is 13.9 Å². The summed E-state index contributed by atoms with van der Waals surface area (Å²) in [6.45, 7) is 13.5. The molecule has 2 amide bonds. The van der Waals surface area contributed by atoms with Crippen molar-refractivity contribution in [2.24, 2.45) is 0 Å². The van der Waals surface area contributed by atoms with Crippen molar-refractivity contribution in [1.82, 2.24) is 10.2 Å². The highest BCUT2D eigenvalue weighted by Gasteiger charge is 2.34. The Balaban J connectivity index is 2.07. The molecule has 3 rings (SSSR count). The number of hydrogen-bond acceptors (Lipinski definition) is 4. The first-order valence-corrected chi connectivity index (χ1v) is 16.2. The number of nitrogens with one attached hydrogen (secondary N) is 1. The summed E-state index contributed by atoms with van der Waals surface area (Å²) in [4.78, 5) is 29.2. The Bertz CT molecular complexity index is 1430. The lowest BCUT2D eigenvalue weighted by atomic mass is 10.0. The summed E-state index contributed by atoms with van der Waals surface area (Å²) >= 11 is 0. The highest BCUT2D eigenvalue weighted by Crippen LogP contribution is 2.27. The van der Waals surface area contributed by atoms with Crippen molar-refractivity contribution < 1.29 is 18.0 Å². The van der Waals surface area contributed by atoms with Gasteiger partial charge in [-0.15, -0.1) is 0 Å². The molecule has 0 fully saturated rings. The van der Waals surface area contributed by atoms with Crippen LogP contribution in [-0.4, -0.2) is 43.8 Å². The molecule has 0 spiro atoms. The molecular weight excluding hydrogens is 546 g/mol. The van der Waals surface area contributed by atoms with E-state index in [1.165, 1.54) is 4.90 Å². The molecule has 42 heavy (non-hydrogen) atoms. The highest BCUT2D eigenvalue weighted by atomic mass is 32.2. The van der Waals surface area contributed by atoms with Gasteiger partial charge in [-0.1, -0.05) is 87.4 Å². The van der Waals surface area contributed by atoms with Crippen molar-refractivity contribution >= 4 is 27.5 Å². The maximum Gasteiger partial charge on any atom is 0.264 e. The molecule has 3 aromatic rings. The molecule has 0 saturated carbocycles. The van der Waals surface area contributed by atoms with Crippen molar-refractivity contribution in [3.05, 3.63) is 95.1 Å². The van der Waals surface area contributed by atoms with E-state index >= 15 is 0 Å². The summed E-state index contributed by atoms with van der Waals surface area (Å²) < 4.78 is 29.3. The fourth-order valence-corrected chi connectivity index (χ4v) is 6.06. The predicted octanol–water partition coefficient (Wildman–Crippen LogP) is 6.34. The van der Waals surface area contributed by atoms with Crippen LogP contribution in [0.25, 0.3) is 0 Å². The molecule has 226 valence electrons. The van der Waals surface area contributed by atoms with Crippen LogP contribution in [0.2, 0.25) is 0 Å². The van der Waals surface area contributed by atoms with Crippen molar-refractivity contribution in [3.8, 4) is 0 Å². The predicted molar refractivity (Wildman–Crippen MR) is 170 cm³/mol. The Morgan fingerprint density at radius 3 is 1.83 bits per heavy atom. The first-order chi connectivity index (χ1) is 19.9. The third-order valence-electron chi connectivity index (χ3n) is 7.60. The second kappa shape index (κ2) is 14.5. The number of anilines is 1. The monoisotopic (exact) mass is 591 g/mol. The Morgan fingerprint density at radius 1 is 0.786 bits per heavy atom. The van der Waals surface area contributed by atoms with E-state index < -0.39 is 28.5 Å². The van der Waals surface area contributed by atoms with Crippen molar-refractivity contribution in [2.75, 3.05) is 10.8 Å². The molecule has 1 N–H and O–H groups in total. The maximum atomic E-state index is 14.2. The molecule has 0 radical (unpaired) electrons. The van der Waals surface area contributed by atoms with Crippen LogP contribution in [0.15, 0.2) is 77.7 Å².